The van der Waals surface area contributed by atoms with Crippen LogP contribution in [-0.4, -0.2) is 25.7 Å². The number of furan rings is 1. The standard InChI is InChI=1S/C12H13NO5S/c1-6-4-10-8(5-9(6)13-19(3,16)17)11(12(14)15)7(2)18-10/h4-5,13H,1-3H3,(H,14,15). The number of carbonyl (C=O) groups is 1. The summed E-state index contributed by atoms with van der Waals surface area (Å²) in [7, 11) is -3.42. The molecule has 2 rings (SSSR count). The Morgan fingerprint density at radius 2 is 1.95 bits per heavy atom. The lowest BCUT2D eigenvalue weighted by Gasteiger charge is -2.07. The molecule has 0 unspecified atom stereocenters. The Labute approximate surface area is 110 Å². The molecule has 0 aliphatic heterocycles. The molecule has 0 atom stereocenters. The topological polar surface area (TPSA) is 96.6 Å². The SMILES string of the molecule is Cc1cc2oc(C)c(C(=O)O)c2cc1NS(C)(=O)=O. The molecule has 0 fully saturated rings. The lowest BCUT2D eigenvalue weighted by molar-refractivity contribution is 0.0697. The largest absolute Gasteiger partial charge is 0.478 e. The second-order valence-electron chi connectivity index (χ2n) is 4.38. The van der Waals surface area contributed by atoms with Crippen molar-refractivity contribution < 1.29 is 22.7 Å². The number of aromatic carboxylic acids is 1. The third-order valence-electron chi connectivity index (χ3n) is 2.72. The molecule has 0 bridgehead atoms. The van der Waals surface area contributed by atoms with Gasteiger partial charge in [0.25, 0.3) is 0 Å². The highest BCUT2D eigenvalue weighted by atomic mass is 32.2. The van der Waals surface area contributed by atoms with E-state index in [0.29, 0.717) is 28.0 Å². The van der Waals surface area contributed by atoms with Crippen LogP contribution in [-0.2, 0) is 10.0 Å². The summed E-state index contributed by atoms with van der Waals surface area (Å²) in [4.78, 5) is 11.2. The Morgan fingerprint density at radius 1 is 1.32 bits per heavy atom. The fourth-order valence-electron chi connectivity index (χ4n) is 1.94. The molecule has 1 heterocycles. The summed E-state index contributed by atoms with van der Waals surface area (Å²) in [6, 6.07) is 3.09. The van der Waals surface area contributed by atoms with Crippen molar-refractivity contribution in [2.75, 3.05) is 11.0 Å². The molecular weight excluding hydrogens is 270 g/mol. The quantitative estimate of drug-likeness (QED) is 0.899. The minimum absolute atomic E-state index is 0.0477. The van der Waals surface area contributed by atoms with E-state index in [-0.39, 0.29) is 5.56 Å². The van der Waals surface area contributed by atoms with Crippen molar-refractivity contribution >= 4 is 32.6 Å². The van der Waals surface area contributed by atoms with E-state index in [1.165, 1.54) is 6.07 Å². The van der Waals surface area contributed by atoms with Crippen molar-refractivity contribution in [3.63, 3.8) is 0 Å². The fourth-order valence-corrected chi connectivity index (χ4v) is 2.56. The maximum absolute atomic E-state index is 11.3. The smallest absolute Gasteiger partial charge is 0.339 e. The van der Waals surface area contributed by atoms with Gasteiger partial charge < -0.3 is 9.52 Å². The van der Waals surface area contributed by atoms with E-state index in [1.54, 1.807) is 19.9 Å². The van der Waals surface area contributed by atoms with Gasteiger partial charge in [0.1, 0.15) is 16.9 Å². The van der Waals surface area contributed by atoms with E-state index < -0.39 is 16.0 Å². The second kappa shape index (κ2) is 4.27. The first kappa shape index (κ1) is 13.4. The third kappa shape index (κ3) is 2.55. The molecule has 19 heavy (non-hydrogen) atoms. The monoisotopic (exact) mass is 283 g/mol. The molecule has 102 valence electrons. The molecule has 0 saturated carbocycles. The Bertz CT molecular complexity index is 773. The van der Waals surface area contributed by atoms with Crippen molar-refractivity contribution in [1.29, 1.82) is 0 Å². The number of sulfonamides is 1. The molecular formula is C12H13NO5S. The van der Waals surface area contributed by atoms with Crippen LogP contribution in [0.5, 0.6) is 0 Å². The fraction of sp³-hybridized carbons (Fsp3) is 0.250. The van der Waals surface area contributed by atoms with Gasteiger partial charge in [0.15, 0.2) is 0 Å². The average Bonchev–Trinajstić information content (AvgIpc) is 2.51. The number of nitrogens with one attached hydrogen (secondary N) is 1. The Kier molecular flexibility index (Phi) is 3.01. The molecule has 0 aliphatic carbocycles. The van der Waals surface area contributed by atoms with Crippen LogP contribution in [0.1, 0.15) is 21.7 Å². The first-order valence-electron chi connectivity index (χ1n) is 5.44. The van der Waals surface area contributed by atoms with Crippen LogP contribution >= 0.6 is 0 Å². The summed E-state index contributed by atoms with van der Waals surface area (Å²) in [6.07, 6.45) is 1.04. The maximum atomic E-state index is 11.3. The van der Waals surface area contributed by atoms with Gasteiger partial charge in [0.05, 0.1) is 11.9 Å². The Hall–Kier alpha value is -2.02. The summed E-state index contributed by atoms with van der Waals surface area (Å²) in [6.45, 7) is 3.27. The van der Waals surface area contributed by atoms with Gasteiger partial charge in [-0.15, -0.1) is 0 Å². The van der Waals surface area contributed by atoms with E-state index >= 15 is 0 Å². The summed E-state index contributed by atoms with van der Waals surface area (Å²) >= 11 is 0. The second-order valence-corrected chi connectivity index (χ2v) is 6.12. The van der Waals surface area contributed by atoms with E-state index in [9.17, 15) is 13.2 Å². The van der Waals surface area contributed by atoms with Gasteiger partial charge >= 0.3 is 5.97 Å². The van der Waals surface area contributed by atoms with E-state index in [2.05, 4.69) is 4.72 Å². The highest BCUT2D eigenvalue weighted by Crippen LogP contribution is 2.30. The van der Waals surface area contributed by atoms with Gasteiger partial charge in [0, 0.05) is 5.39 Å². The van der Waals surface area contributed by atoms with Crippen LogP contribution in [0.3, 0.4) is 0 Å². The zero-order valence-electron chi connectivity index (χ0n) is 10.6. The number of benzene rings is 1. The molecule has 0 aliphatic rings. The number of rotatable bonds is 3. The van der Waals surface area contributed by atoms with E-state index in [4.69, 9.17) is 9.52 Å². The number of anilines is 1. The molecule has 0 spiro atoms. The number of hydrogen-bond acceptors (Lipinski definition) is 4. The summed E-state index contributed by atoms with van der Waals surface area (Å²) in [5.41, 5.74) is 1.47. The number of carboxylic acid groups (broad SMARTS) is 1. The van der Waals surface area contributed by atoms with E-state index in [1.807, 2.05) is 0 Å². The minimum Gasteiger partial charge on any atom is -0.478 e. The van der Waals surface area contributed by atoms with Gasteiger partial charge in [0.2, 0.25) is 10.0 Å². The molecule has 0 radical (unpaired) electrons. The molecule has 6 nitrogen and oxygen atoms in total. The molecule has 1 aromatic carbocycles. The van der Waals surface area contributed by atoms with Crippen molar-refractivity contribution in [3.8, 4) is 0 Å². The minimum atomic E-state index is -3.42. The Balaban J connectivity index is 2.72. The van der Waals surface area contributed by atoms with Crippen LogP contribution in [0, 0.1) is 13.8 Å². The van der Waals surface area contributed by atoms with Crippen molar-refractivity contribution in [3.05, 3.63) is 29.0 Å². The number of carboxylic acids is 1. The van der Waals surface area contributed by atoms with E-state index in [0.717, 1.165) is 6.26 Å². The molecule has 2 aromatic rings. The summed E-state index contributed by atoms with van der Waals surface area (Å²) in [5.74, 6) is -0.816. The molecule has 1 aromatic heterocycles. The van der Waals surface area contributed by atoms with Crippen molar-refractivity contribution in [2.24, 2.45) is 0 Å². The van der Waals surface area contributed by atoms with Gasteiger partial charge in [-0.25, -0.2) is 13.2 Å². The Morgan fingerprint density at radius 3 is 2.47 bits per heavy atom. The van der Waals surface area contributed by atoms with Crippen molar-refractivity contribution in [1.82, 2.24) is 0 Å². The molecule has 7 heteroatoms. The maximum Gasteiger partial charge on any atom is 0.339 e. The zero-order chi connectivity index (χ0) is 14.4. The molecule has 2 N–H and O–H groups in total. The highest BCUT2D eigenvalue weighted by Gasteiger charge is 2.19. The first-order valence-corrected chi connectivity index (χ1v) is 7.33. The zero-order valence-corrected chi connectivity index (χ0v) is 11.5. The first-order chi connectivity index (χ1) is 8.69. The summed E-state index contributed by atoms with van der Waals surface area (Å²) < 4.78 is 30.2. The number of fused-ring (bicyclic) bond motifs is 1. The lowest BCUT2D eigenvalue weighted by Crippen LogP contribution is -2.10. The van der Waals surface area contributed by atoms with Gasteiger partial charge in [-0.3, -0.25) is 4.72 Å². The predicted molar refractivity (Wildman–Crippen MR) is 71.1 cm³/mol. The average molecular weight is 283 g/mol. The van der Waals surface area contributed by atoms with Crippen molar-refractivity contribution in [2.45, 2.75) is 13.8 Å². The predicted octanol–water partition coefficient (Wildman–Crippen LogP) is 2.12. The lowest BCUT2D eigenvalue weighted by atomic mass is 10.1. The van der Waals surface area contributed by atoms with Crippen LogP contribution < -0.4 is 4.72 Å². The van der Waals surface area contributed by atoms with Gasteiger partial charge in [-0.05, 0) is 31.5 Å². The van der Waals surface area contributed by atoms with Gasteiger partial charge in [-0.1, -0.05) is 0 Å². The number of hydrogen-bond donors (Lipinski definition) is 2. The van der Waals surface area contributed by atoms with Gasteiger partial charge in [-0.2, -0.15) is 0 Å². The molecule has 0 amide bonds. The van der Waals surface area contributed by atoms with Crippen LogP contribution in [0.4, 0.5) is 5.69 Å². The van der Waals surface area contributed by atoms with Crippen LogP contribution in [0.25, 0.3) is 11.0 Å². The molecule has 0 saturated heterocycles. The summed E-state index contributed by atoms with van der Waals surface area (Å²) in [5, 5.41) is 9.52. The number of aryl methyl sites for hydroxylation is 2. The third-order valence-corrected chi connectivity index (χ3v) is 3.31. The normalized spacial score (nSPS) is 11.7. The highest BCUT2D eigenvalue weighted by molar-refractivity contribution is 7.92. The van der Waals surface area contributed by atoms with Crippen LogP contribution in [0.2, 0.25) is 0 Å². The van der Waals surface area contributed by atoms with Crippen LogP contribution in [0.15, 0.2) is 16.5 Å².